The lowest BCUT2D eigenvalue weighted by Gasteiger charge is -2.12. The maximum atomic E-state index is 6.33. The van der Waals surface area contributed by atoms with Crippen LogP contribution < -0.4 is 5.73 Å². The molecule has 84 valence electrons. The highest BCUT2D eigenvalue weighted by molar-refractivity contribution is 5.88. The number of benzene rings is 1. The third-order valence-electron chi connectivity index (χ3n) is 3.69. The molecule has 2 nitrogen and oxygen atoms in total. The first-order chi connectivity index (χ1) is 7.62. The van der Waals surface area contributed by atoms with Crippen molar-refractivity contribution >= 4 is 10.9 Å². The van der Waals surface area contributed by atoms with Crippen molar-refractivity contribution in [2.24, 2.45) is 5.73 Å². The van der Waals surface area contributed by atoms with Crippen LogP contribution in [0.3, 0.4) is 0 Å². The first-order valence-electron chi connectivity index (χ1n) is 6.01. The summed E-state index contributed by atoms with van der Waals surface area (Å²) in [6, 6.07) is 6.47. The molecule has 1 aromatic heterocycles. The van der Waals surface area contributed by atoms with Crippen molar-refractivity contribution in [3.63, 3.8) is 0 Å². The summed E-state index contributed by atoms with van der Waals surface area (Å²) in [6.07, 6.45) is 4.34. The molecule has 3 N–H and O–H groups in total. The fourth-order valence-electron chi connectivity index (χ4n) is 2.49. The molecule has 1 saturated carbocycles. The SMILES string of the molecule is CC(C)c1cccc2[nH]cc(C3(N)CC3)c12. The van der Waals surface area contributed by atoms with Gasteiger partial charge in [-0.15, -0.1) is 0 Å². The van der Waals surface area contributed by atoms with Gasteiger partial charge in [0.2, 0.25) is 0 Å². The molecule has 16 heavy (non-hydrogen) atoms. The molecule has 0 amide bonds. The molecule has 1 aliphatic rings. The zero-order valence-electron chi connectivity index (χ0n) is 9.88. The van der Waals surface area contributed by atoms with Gasteiger partial charge in [-0.1, -0.05) is 26.0 Å². The Morgan fingerprint density at radius 1 is 1.31 bits per heavy atom. The molecule has 1 aliphatic carbocycles. The summed E-state index contributed by atoms with van der Waals surface area (Å²) in [5.41, 5.74) is 10.2. The van der Waals surface area contributed by atoms with Gasteiger partial charge in [-0.2, -0.15) is 0 Å². The first-order valence-corrected chi connectivity index (χ1v) is 6.01. The van der Waals surface area contributed by atoms with E-state index in [0.29, 0.717) is 5.92 Å². The van der Waals surface area contributed by atoms with Crippen LogP contribution in [0.5, 0.6) is 0 Å². The highest BCUT2D eigenvalue weighted by Crippen LogP contribution is 2.46. The quantitative estimate of drug-likeness (QED) is 0.791. The predicted octanol–water partition coefficient (Wildman–Crippen LogP) is 3.24. The summed E-state index contributed by atoms with van der Waals surface area (Å²) in [5.74, 6) is 0.542. The van der Waals surface area contributed by atoms with Gasteiger partial charge < -0.3 is 10.7 Å². The molecule has 1 fully saturated rings. The van der Waals surface area contributed by atoms with Crippen molar-refractivity contribution in [2.75, 3.05) is 0 Å². The number of fused-ring (bicyclic) bond motifs is 1. The Hall–Kier alpha value is -1.28. The van der Waals surface area contributed by atoms with E-state index in [-0.39, 0.29) is 5.54 Å². The van der Waals surface area contributed by atoms with Gasteiger partial charge in [0.15, 0.2) is 0 Å². The minimum atomic E-state index is -0.0523. The number of hydrogen-bond acceptors (Lipinski definition) is 1. The molecule has 0 spiro atoms. The van der Waals surface area contributed by atoms with E-state index in [2.05, 4.69) is 43.2 Å². The van der Waals surface area contributed by atoms with E-state index in [0.717, 1.165) is 12.8 Å². The summed E-state index contributed by atoms with van der Waals surface area (Å²) in [4.78, 5) is 3.35. The number of hydrogen-bond donors (Lipinski definition) is 2. The third-order valence-corrected chi connectivity index (χ3v) is 3.69. The summed E-state index contributed by atoms with van der Waals surface area (Å²) in [7, 11) is 0. The molecule has 0 radical (unpaired) electrons. The number of rotatable bonds is 2. The van der Waals surface area contributed by atoms with Gasteiger partial charge in [-0.25, -0.2) is 0 Å². The molecule has 2 aromatic rings. The van der Waals surface area contributed by atoms with Crippen molar-refractivity contribution in [3.05, 3.63) is 35.5 Å². The average molecular weight is 214 g/mol. The Morgan fingerprint density at radius 3 is 2.69 bits per heavy atom. The number of H-pyrrole nitrogens is 1. The molecule has 3 rings (SSSR count). The van der Waals surface area contributed by atoms with Gasteiger partial charge in [-0.05, 0) is 36.0 Å². The van der Waals surface area contributed by atoms with Gasteiger partial charge in [-0.3, -0.25) is 0 Å². The van der Waals surface area contributed by atoms with Crippen LogP contribution in [0.2, 0.25) is 0 Å². The largest absolute Gasteiger partial charge is 0.361 e. The highest BCUT2D eigenvalue weighted by atomic mass is 14.8. The second kappa shape index (κ2) is 3.11. The van der Waals surface area contributed by atoms with E-state index in [1.807, 2.05) is 0 Å². The molecular weight excluding hydrogens is 196 g/mol. The Kier molecular flexibility index (Phi) is 1.93. The van der Waals surface area contributed by atoms with Crippen molar-refractivity contribution in [1.29, 1.82) is 0 Å². The van der Waals surface area contributed by atoms with E-state index in [1.165, 1.54) is 22.0 Å². The van der Waals surface area contributed by atoms with E-state index in [1.54, 1.807) is 0 Å². The summed E-state index contributed by atoms with van der Waals surface area (Å²) >= 11 is 0. The molecule has 2 heteroatoms. The van der Waals surface area contributed by atoms with Crippen molar-refractivity contribution < 1.29 is 0 Å². The van der Waals surface area contributed by atoms with E-state index in [9.17, 15) is 0 Å². The number of nitrogens with one attached hydrogen (secondary N) is 1. The lowest BCUT2D eigenvalue weighted by molar-refractivity contribution is 0.745. The van der Waals surface area contributed by atoms with Crippen LogP contribution in [0.25, 0.3) is 10.9 Å². The Bertz CT molecular complexity index is 533. The standard InChI is InChI=1S/C14H18N2/c1-9(2)10-4-3-5-12-13(10)11(8-16-12)14(15)6-7-14/h3-5,8-9,16H,6-7,15H2,1-2H3. The molecule has 0 saturated heterocycles. The van der Waals surface area contributed by atoms with Gasteiger partial charge in [0.25, 0.3) is 0 Å². The maximum Gasteiger partial charge on any atom is 0.0460 e. The topological polar surface area (TPSA) is 41.8 Å². The summed E-state index contributed by atoms with van der Waals surface area (Å²) in [6.45, 7) is 4.48. The van der Waals surface area contributed by atoms with Gasteiger partial charge >= 0.3 is 0 Å². The summed E-state index contributed by atoms with van der Waals surface area (Å²) < 4.78 is 0. The smallest absolute Gasteiger partial charge is 0.0460 e. The van der Waals surface area contributed by atoms with E-state index < -0.39 is 0 Å². The van der Waals surface area contributed by atoms with Crippen LogP contribution in [0.4, 0.5) is 0 Å². The lowest BCUT2D eigenvalue weighted by atomic mass is 9.94. The number of aromatic nitrogens is 1. The fraction of sp³-hybridized carbons (Fsp3) is 0.429. The monoisotopic (exact) mass is 214 g/mol. The number of nitrogens with two attached hydrogens (primary N) is 1. The molecular formula is C14H18N2. The molecule has 1 heterocycles. The zero-order chi connectivity index (χ0) is 11.3. The van der Waals surface area contributed by atoms with Crippen molar-refractivity contribution in [3.8, 4) is 0 Å². The molecule has 0 bridgehead atoms. The van der Waals surface area contributed by atoms with Crippen LogP contribution in [-0.2, 0) is 5.54 Å². The fourth-order valence-corrected chi connectivity index (χ4v) is 2.49. The minimum Gasteiger partial charge on any atom is -0.361 e. The average Bonchev–Trinajstić information content (AvgIpc) is 2.85. The molecule has 1 aromatic carbocycles. The van der Waals surface area contributed by atoms with Crippen LogP contribution in [0.15, 0.2) is 24.4 Å². The Balaban J connectivity index is 2.30. The minimum absolute atomic E-state index is 0.0523. The van der Waals surface area contributed by atoms with Gasteiger partial charge in [0.1, 0.15) is 0 Å². The van der Waals surface area contributed by atoms with E-state index in [4.69, 9.17) is 5.73 Å². The van der Waals surface area contributed by atoms with E-state index >= 15 is 0 Å². The third kappa shape index (κ3) is 1.30. The first kappa shape index (κ1) is 9.91. The normalized spacial score (nSPS) is 18.2. The Labute approximate surface area is 95.8 Å². The zero-order valence-corrected chi connectivity index (χ0v) is 9.88. The van der Waals surface area contributed by atoms with Crippen LogP contribution in [-0.4, -0.2) is 4.98 Å². The van der Waals surface area contributed by atoms with Crippen molar-refractivity contribution in [1.82, 2.24) is 4.98 Å². The van der Waals surface area contributed by atoms with Crippen LogP contribution in [0, 0.1) is 0 Å². The second-order valence-corrected chi connectivity index (χ2v) is 5.28. The van der Waals surface area contributed by atoms with Gasteiger partial charge in [0, 0.05) is 22.6 Å². The molecule has 0 aliphatic heterocycles. The highest BCUT2D eigenvalue weighted by Gasteiger charge is 2.42. The maximum absolute atomic E-state index is 6.33. The van der Waals surface area contributed by atoms with Crippen LogP contribution in [0.1, 0.15) is 43.7 Å². The Morgan fingerprint density at radius 2 is 2.06 bits per heavy atom. The van der Waals surface area contributed by atoms with Gasteiger partial charge in [0.05, 0.1) is 0 Å². The van der Waals surface area contributed by atoms with Crippen LogP contribution >= 0.6 is 0 Å². The molecule has 0 atom stereocenters. The number of aromatic amines is 1. The lowest BCUT2D eigenvalue weighted by Crippen LogP contribution is -2.18. The predicted molar refractivity (Wildman–Crippen MR) is 67.5 cm³/mol. The summed E-state index contributed by atoms with van der Waals surface area (Å²) in [5, 5.41) is 1.36. The van der Waals surface area contributed by atoms with Crippen molar-refractivity contribution in [2.45, 2.75) is 38.1 Å². The molecule has 0 unspecified atom stereocenters. The second-order valence-electron chi connectivity index (χ2n) is 5.28.